The first-order chi connectivity index (χ1) is 9.34. The van der Waals surface area contributed by atoms with E-state index in [9.17, 15) is 13.2 Å². The van der Waals surface area contributed by atoms with Crippen molar-refractivity contribution in [2.75, 3.05) is 0 Å². The maximum Gasteiger partial charge on any atom is 0.416 e. The molecule has 0 aliphatic rings. The van der Waals surface area contributed by atoms with E-state index in [1.807, 2.05) is 6.07 Å². The number of alkyl halides is 3. The van der Waals surface area contributed by atoms with Crippen molar-refractivity contribution in [1.29, 1.82) is 5.26 Å². The van der Waals surface area contributed by atoms with Gasteiger partial charge >= 0.3 is 6.18 Å². The van der Waals surface area contributed by atoms with Crippen molar-refractivity contribution < 1.29 is 13.2 Å². The summed E-state index contributed by atoms with van der Waals surface area (Å²) in [5.74, 6) is 0. The summed E-state index contributed by atoms with van der Waals surface area (Å²) >= 11 is 11.9. The number of halogens is 5. The highest BCUT2D eigenvalue weighted by Crippen LogP contribution is 2.38. The number of hydrogen-bond acceptors (Lipinski definition) is 1. The molecule has 0 saturated heterocycles. The minimum Gasteiger partial charge on any atom is -0.192 e. The van der Waals surface area contributed by atoms with E-state index in [-0.39, 0.29) is 21.2 Å². The molecule has 0 spiro atoms. The summed E-state index contributed by atoms with van der Waals surface area (Å²) in [7, 11) is 0. The SMILES string of the molecule is N#Cc1ccc(C(F)(F)F)cc1-c1cccc(Cl)c1Cl. The Bertz CT molecular complexity index is 703. The van der Waals surface area contributed by atoms with Gasteiger partial charge < -0.3 is 0 Å². The Hall–Kier alpha value is -1.70. The van der Waals surface area contributed by atoms with Gasteiger partial charge in [-0.25, -0.2) is 0 Å². The van der Waals surface area contributed by atoms with Gasteiger partial charge in [-0.15, -0.1) is 0 Å². The van der Waals surface area contributed by atoms with Crippen molar-refractivity contribution in [1.82, 2.24) is 0 Å². The second-order valence-electron chi connectivity index (χ2n) is 3.97. The third-order valence-electron chi connectivity index (χ3n) is 2.71. The summed E-state index contributed by atoms with van der Waals surface area (Å²) in [5, 5.41) is 9.36. The Morgan fingerprint density at radius 2 is 1.70 bits per heavy atom. The van der Waals surface area contributed by atoms with Crippen LogP contribution in [0, 0.1) is 11.3 Å². The first-order valence-electron chi connectivity index (χ1n) is 5.40. The molecule has 2 aromatic rings. The first-order valence-corrected chi connectivity index (χ1v) is 6.16. The normalized spacial score (nSPS) is 11.2. The third kappa shape index (κ3) is 2.74. The second kappa shape index (κ2) is 5.35. The van der Waals surface area contributed by atoms with Crippen LogP contribution in [0.4, 0.5) is 13.2 Å². The van der Waals surface area contributed by atoms with Gasteiger partial charge in [0.15, 0.2) is 0 Å². The Morgan fingerprint density at radius 3 is 2.30 bits per heavy atom. The molecule has 0 atom stereocenters. The minimum atomic E-state index is -4.49. The molecule has 20 heavy (non-hydrogen) atoms. The summed E-state index contributed by atoms with van der Waals surface area (Å²) in [5.41, 5.74) is -0.346. The quantitative estimate of drug-likeness (QED) is 0.676. The van der Waals surface area contributed by atoms with E-state index in [0.29, 0.717) is 5.56 Å². The molecule has 0 N–H and O–H groups in total. The molecule has 0 radical (unpaired) electrons. The van der Waals surface area contributed by atoms with E-state index in [1.165, 1.54) is 12.1 Å². The Kier molecular flexibility index (Phi) is 3.94. The van der Waals surface area contributed by atoms with Crippen LogP contribution in [-0.4, -0.2) is 0 Å². The van der Waals surface area contributed by atoms with Crippen LogP contribution in [0.3, 0.4) is 0 Å². The average Bonchev–Trinajstić information content (AvgIpc) is 2.40. The van der Waals surface area contributed by atoms with Gasteiger partial charge in [0.2, 0.25) is 0 Å². The standard InChI is InChI=1S/C14H6Cl2F3N/c15-12-3-1-2-10(13(12)16)11-6-9(14(17,18)19)5-4-8(11)7-20/h1-6H. The lowest BCUT2D eigenvalue weighted by Gasteiger charge is -2.12. The molecule has 0 heterocycles. The van der Waals surface area contributed by atoms with E-state index in [0.717, 1.165) is 18.2 Å². The van der Waals surface area contributed by atoms with Gasteiger partial charge in [-0.2, -0.15) is 18.4 Å². The van der Waals surface area contributed by atoms with E-state index < -0.39 is 11.7 Å². The van der Waals surface area contributed by atoms with Gasteiger partial charge in [-0.1, -0.05) is 35.3 Å². The fourth-order valence-corrected chi connectivity index (χ4v) is 2.16. The second-order valence-corrected chi connectivity index (χ2v) is 4.76. The molecule has 0 aliphatic heterocycles. The van der Waals surface area contributed by atoms with Gasteiger partial charge in [0.25, 0.3) is 0 Å². The highest BCUT2D eigenvalue weighted by molar-refractivity contribution is 6.43. The van der Waals surface area contributed by atoms with Crippen LogP contribution >= 0.6 is 23.2 Å². The molecule has 102 valence electrons. The number of benzene rings is 2. The Labute approximate surface area is 123 Å². The van der Waals surface area contributed by atoms with Crippen molar-refractivity contribution in [3.8, 4) is 17.2 Å². The van der Waals surface area contributed by atoms with Crippen LogP contribution in [-0.2, 0) is 6.18 Å². The molecule has 2 aromatic carbocycles. The molecule has 0 saturated carbocycles. The van der Waals surface area contributed by atoms with Crippen LogP contribution in [0.2, 0.25) is 10.0 Å². The fourth-order valence-electron chi connectivity index (χ4n) is 1.75. The van der Waals surface area contributed by atoms with Gasteiger partial charge in [0.1, 0.15) is 0 Å². The number of nitriles is 1. The molecular weight excluding hydrogens is 310 g/mol. The maximum atomic E-state index is 12.8. The summed E-state index contributed by atoms with van der Waals surface area (Å²) in [6.45, 7) is 0. The molecule has 0 aromatic heterocycles. The van der Waals surface area contributed by atoms with Gasteiger partial charge in [-0.3, -0.25) is 0 Å². The average molecular weight is 316 g/mol. The van der Waals surface area contributed by atoms with Crippen LogP contribution < -0.4 is 0 Å². The van der Waals surface area contributed by atoms with Crippen molar-refractivity contribution in [2.45, 2.75) is 6.18 Å². The van der Waals surface area contributed by atoms with E-state index in [4.69, 9.17) is 28.5 Å². The molecule has 0 fully saturated rings. The molecule has 6 heteroatoms. The van der Waals surface area contributed by atoms with Crippen molar-refractivity contribution >= 4 is 23.2 Å². The van der Waals surface area contributed by atoms with E-state index in [1.54, 1.807) is 6.07 Å². The molecule has 0 unspecified atom stereocenters. The zero-order valence-electron chi connectivity index (χ0n) is 9.80. The lowest BCUT2D eigenvalue weighted by molar-refractivity contribution is -0.137. The zero-order valence-corrected chi connectivity index (χ0v) is 11.3. The topological polar surface area (TPSA) is 23.8 Å². The Balaban J connectivity index is 2.72. The van der Waals surface area contributed by atoms with E-state index in [2.05, 4.69) is 0 Å². The van der Waals surface area contributed by atoms with Crippen LogP contribution in [0.1, 0.15) is 11.1 Å². The zero-order chi connectivity index (χ0) is 14.9. The monoisotopic (exact) mass is 315 g/mol. The predicted octanol–water partition coefficient (Wildman–Crippen LogP) is 5.55. The van der Waals surface area contributed by atoms with Crippen molar-refractivity contribution in [3.05, 3.63) is 57.6 Å². The molecule has 0 bridgehead atoms. The maximum absolute atomic E-state index is 12.8. The molecule has 2 rings (SSSR count). The molecular formula is C14H6Cl2F3N. The minimum absolute atomic E-state index is 0.0992. The third-order valence-corrected chi connectivity index (χ3v) is 3.53. The largest absolute Gasteiger partial charge is 0.416 e. The highest BCUT2D eigenvalue weighted by atomic mass is 35.5. The van der Waals surface area contributed by atoms with Crippen LogP contribution in [0.25, 0.3) is 11.1 Å². The van der Waals surface area contributed by atoms with Crippen molar-refractivity contribution in [3.63, 3.8) is 0 Å². The summed E-state index contributed by atoms with van der Waals surface area (Å²) in [4.78, 5) is 0. The van der Waals surface area contributed by atoms with Crippen molar-refractivity contribution in [2.24, 2.45) is 0 Å². The van der Waals surface area contributed by atoms with Gasteiger partial charge in [0, 0.05) is 11.1 Å². The number of rotatable bonds is 1. The summed E-state index contributed by atoms with van der Waals surface area (Å²) in [6.07, 6.45) is -4.49. The molecule has 0 amide bonds. The fraction of sp³-hybridized carbons (Fsp3) is 0.0714. The lowest BCUT2D eigenvalue weighted by Crippen LogP contribution is -2.05. The first kappa shape index (κ1) is 14.7. The molecule has 1 nitrogen and oxygen atoms in total. The van der Waals surface area contributed by atoms with Crippen LogP contribution in [0.15, 0.2) is 36.4 Å². The predicted molar refractivity (Wildman–Crippen MR) is 71.6 cm³/mol. The smallest absolute Gasteiger partial charge is 0.192 e. The van der Waals surface area contributed by atoms with Gasteiger partial charge in [-0.05, 0) is 24.3 Å². The van der Waals surface area contributed by atoms with Crippen LogP contribution in [0.5, 0.6) is 0 Å². The number of hydrogen-bond donors (Lipinski definition) is 0. The Morgan fingerprint density at radius 1 is 1.00 bits per heavy atom. The van der Waals surface area contributed by atoms with Gasteiger partial charge in [0.05, 0.1) is 27.2 Å². The summed E-state index contributed by atoms with van der Waals surface area (Å²) < 4.78 is 38.3. The number of nitrogens with zero attached hydrogens (tertiary/aromatic N) is 1. The summed E-state index contributed by atoms with van der Waals surface area (Å²) in [6, 6.07) is 9.33. The highest BCUT2D eigenvalue weighted by Gasteiger charge is 2.31. The van der Waals surface area contributed by atoms with E-state index >= 15 is 0 Å². The molecule has 0 aliphatic carbocycles. The lowest BCUT2D eigenvalue weighted by atomic mass is 9.97.